The van der Waals surface area contributed by atoms with Crippen LogP contribution in [0.3, 0.4) is 0 Å². The van der Waals surface area contributed by atoms with Crippen LogP contribution in [0.5, 0.6) is 0 Å². The van der Waals surface area contributed by atoms with Crippen molar-refractivity contribution in [2.24, 2.45) is 5.92 Å². The first-order chi connectivity index (χ1) is 10.2. The van der Waals surface area contributed by atoms with Gasteiger partial charge in [0.25, 0.3) is 0 Å². The number of amides is 2. The highest BCUT2D eigenvalue weighted by atomic mass is 16.6. The lowest BCUT2D eigenvalue weighted by atomic mass is 10.2. The molecule has 0 heterocycles. The monoisotopic (exact) mass is 314 g/mol. The van der Waals surface area contributed by atoms with Crippen LogP contribution in [0.4, 0.5) is 4.79 Å². The van der Waals surface area contributed by atoms with E-state index in [2.05, 4.69) is 5.32 Å². The Balaban J connectivity index is 2.45. The highest BCUT2D eigenvalue weighted by Gasteiger charge is 2.28. The molecule has 0 saturated heterocycles. The average Bonchev–Trinajstić information content (AvgIpc) is 3.17. The van der Waals surface area contributed by atoms with Crippen molar-refractivity contribution in [1.29, 1.82) is 0 Å². The highest BCUT2D eigenvalue weighted by molar-refractivity contribution is 5.85. The molecule has 1 fully saturated rings. The van der Waals surface area contributed by atoms with Crippen LogP contribution in [0.15, 0.2) is 0 Å². The van der Waals surface area contributed by atoms with Crippen molar-refractivity contribution in [3.63, 3.8) is 0 Å². The maximum Gasteiger partial charge on any atom is 0.408 e. The van der Waals surface area contributed by atoms with Gasteiger partial charge in [-0.1, -0.05) is 0 Å². The maximum atomic E-state index is 12.2. The fourth-order valence-corrected chi connectivity index (χ4v) is 1.80. The number of esters is 1. The van der Waals surface area contributed by atoms with Crippen LogP contribution >= 0.6 is 0 Å². The Bertz CT molecular complexity index is 413. The van der Waals surface area contributed by atoms with Crippen molar-refractivity contribution in [2.45, 2.75) is 46.1 Å². The molecule has 0 unspecified atom stereocenters. The SMILES string of the molecule is CCOC(=O)CN(CC1CC1)C(=O)CNC(=O)OC(C)(C)C. The Hall–Kier alpha value is -1.79. The third-order valence-corrected chi connectivity index (χ3v) is 2.94. The molecule has 22 heavy (non-hydrogen) atoms. The summed E-state index contributed by atoms with van der Waals surface area (Å²) < 4.78 is 9.94. The largest absolute Gasteiger partial charge is 0.465 e. The molecule has 2 amide bonds. The predicted octanol–water partition coefficient (Wildman–Crippen LogP) is 1.31. The van der Waals surface area contributed by atoms with Crippen LogP contribution in [-0.2, 0) is 19.1 Å². The topological polar surface area (TPSA) is 84.9 Å². The van der Waals surface area contributed by atoms with Gasteiger partial charge in [0.2, 0.25) is 5.91 Å². The number of carbonyl (C=O) groups is 3. The van der Waals surface area contributed by atoms with E-state index in [1.54, 1.807) is 27.7 Å². The van der Waals surface area contributed by atoms with Gasteiger partial charge in [-0.05, 0) is 46.5 Å². The van der Waals surface area contributed by atoms with E-state index in [0.29, 0.717) is 12.5 Å². The Labute approximate surface area is 131 Å². The molecule has 126 valence electrons. The second-order valence-corrected chi connectivity index (χ2v) is 6.38. The summed E-state index contributed by atoms with van der Waals surface area (Å²) in [4.78, 5) is 36.7. The predicted molar refractivity (Wildman–Crippen MR) is 80.2 cm³/mol. The van der Waals surface area contributed by atoms with Crippen LogP contribution < -0.4 is 5.32 Å². The van der Waals surface area contributed by atoms with Crippen molar-refractivity contribution in [3.8, 4) is 0 Å². The lowest BCUT2D eigenvalue weighted by molar-refractivity contribution is -0.148. The van der Waals surface area contributed by atoms with E-state index >= 15 is 0 Å². The van der Waals surface area contributed by atoms with Gasteiger partial charge in [0, 0.05) is 6.54 Å². The van der Waals surface area contributed by atoms with Crippen LogP contribution in [0.1, 0.15) is 40.5 Å². The smallest absolute Gasteiger partial charge is 0.408 e. The second kappa shape index (κ2) is 8.00. The minimum absolute atomic E-state index is 0.0842. The molecule has 0 radical (unpaired) electrons. The summed E-state index contributed by atoms with van der Waals surface area (Å²) in [5, 5.41) is 2.41. The molecule has 0 aromatic carbocycles. The summed E-state index contributed by atoms with van der Waals surface area (Å²) in [6, 6.07) is 0. The lowest BCUT2D eigenvalue weighted by Gasteiger charge is -2.23. The summed E-state index contributed by atoms with van der Waals surface area (Å²) >= 11 is 0. The number of carbonyl (C=O) groups excluding carboxylic acids is 3. The third-order valence-electron chi connectivity index (χ3n) is 2.94. The summed E-state index contributed by atoms with van der Waals surface area (Å²) in [7, 11) is 0. The van der Waals surface area contributed by atoms with Gasteiger partial charge in [-0.25, -0.2) is 4.79 Å². The number of ether oxygens (including phenoxy) is 2. The van der Waals surface area contributed by atoms with Crippen LogP contribution in [0.2, 0.25) is 0 Å². The number of hydrogen-bond donors (Lipinski definition) is 1. The number of nitrogens with zero attached hydrogens (tertiary/aromatic N) is 1. The number of hydrogen-bond acceptors (Lipinski definition) is 5. The first kappa shape index (κ1) is 18.3. The van der Waals surface area contributed by atoms with Crippen molar-refractivity contribution < 1.29 is 23.9 Å². The molecule has 0 aliphatic heterocycles. The van der Waals surface area contributed by atoms with E-state index < -0.39 is 17.7 Å². The molecular formula is C15H26N2O5. The van der Waals surface area contributed by atoms with Crippen molar-refractivity contribution >= 4 is 18.0 Å². The Kier molecular flexibility index (Phi) is 6.64. The standard InChI is InChI=1S/C15H26N2O5/c1-5-21-13(19)10-17(9-11-6-7-11)12(18)8-16-14(20)22-15(2,3)4/h11H,5-10H2,1-4H3,(H,16,20). The zero-order valence-corrected chi connectivity index (χ0v) is 13.8. The van der Waals surface area contributed by atoms with E-state index in [1.165, 1.54) is 4.90 Å². The lowest BCUT2D eigenvalue weighted by Crippen LogP contribution is -2.44. The zero-order chi connectivity index (χ0) is 16.8. The van der Waals surface area contributed by atoms with Gasteiger partial charge >= 0.3 is 12.1 Å². The van der Waals surface area contributed by atoms with Crippen LogP contribution in [0, 0.1) is 5.92 Å². The minimum Gasteiger partial charge on any atom is -0.465 e. The van der Waals surface area contributed by atoms with Gasteiger partial charge < -0.3 is 19.7 Å². The van der Waals surface area contributed by atoms with Gasteiger partial charge in [0.05, 0.1) is 6.61 Å². The average molecular weight is 314 g/mol. The number of rotatable bonds is 7. The summed E-state index contributed by atoms with van der Waals surface area (Å²) in [6.45, 7) is 7.47. The Morgan fingerprint density at radius 1 is 1.23 bits per heavy atom. The van der Waals surface area contributed by atoms with E-state index in [-0.39, 0.29) is 25.6 Å². The normalized spacial score (nSPS) is 14.2. The van der Waals surface area contributed by atoms with Gasteiger partial charge in [-0.2, -0.15) is 0 Å². The van der Waals surface area contributed by atoms with E-state index in [1.807, 2.05) is 0 Å². The number of nitrogens with one attached hydrogen (secondary N) is 1. The maximum absolute atomic E-state index is 12.2. The molecule has 0 aromatic rings. The van der Waals surface area contributed by atoms with Crippen LogP contribution in [-0.4, -0.2) is 54.7 Å². The van der Waals surface area contributed by atoms with Gasteiger partial charge in [-0.3, -0.25) is 9.59 Å². The quantitative estimate of drug-likeness (QED) is 0.716. The fraction of sp³-hybridized carbons (Fsp3) is 0.800. The second-order valence-electron chi connectivity index (χ2n) is 6.38. The zero-order valence-electron chi connectivity index (χ0n) is 13.8. The molecule has 0 atom stereocenters. The van der Waals surface area contributed by atoms with Gasteiger partial charge in [-0.15, -0.1) is 0 Å². The third kappa shape index (κ3) is 7.85. The molecule has 7 nitrogen and oxygen atoms in total. The molecule has 1 aliphatic rings. The molecule has 1 saturated carbocycles. The van der Waals surface area contributed by atoms with Crippen LogP contribution in [0.25, 0.3) is 0 Å². The van der Waals surface area contributed by atoms with E-state index in [0.717, 1.165) is 12.8 Å². The highest BCUT2D eigenvalue weighted by Crippen LogP contribution is 2.29. The number of alkyl carbamates (subject to hydrolysis) is 1. The first-order valence-corrected chi connectivity index (χ1v) is 7.61. The molecule has 1 rings (SSSR count). The fourth-order valence-electron chi connectivity index (χ4n) is 1.80. The first-order valence-electron chi connectivity index (χ1n) is 7.61. The molecule has 7 heteroatoms. The Morgan fingerprint density at radius 3 is 2.36 bits per heavy atom. The van der Waals surface area contributed by atoms with E-state index in [9.17, 15) is 14.4 Å². The van der Waals surface area contributed by atoms with Gasteiger partial charge in [0.15, 0.2) is 0 Å². The molecule has 0 aromatic heterocycles. The summed E-state index contributed by atoms with van der Waals surface area (Å²) in [5.41, 5.74) is -0.619. The molecule has 1 N–H and O–H groups in total. The minimum atomic E-state index is -0.650. The summed E-state index contributed by atoms with van der Waals surface area (Å²) in [6.07, 6.45) is 1.47. The van der Waals surface area contributed by atoms with Crippen molar-refractivity contribution in [2.75, 3.05) is 26.2 Å². The van der Waals surface area contributed by atoms with Crippen molar-refractivity contribution in [3.05, 3.63) is 0 Å². The van der Waals surface area contributed by atoms with Crippen molar-refractivity contribution in [1.82, 2.24) is 10.2 Å². The summed E-state index contributed by atoms with van der Waals surface area (Å²) in [5.74, 6) is -0.306. The molecule has 0 bridgehead atoms. The molecular weight excluding hydrogens is 288 g/mol. The van der Waals surface area contributed by atoms with E-state index in [4.69, 9.17) is 9.47 Å². The molecule has 1 aliphatic carbocycles. The van der Waals surface area contributed by atoms with Gasteiger partial charge in [0.1, 0.15) is 18.7 Å². The Morgan fingerprint density at radius 2 is 1.86 bits per heavy atom. The molecule has 0 spiro atoms.